The first kappa shape index (κ1) is 10.1. The minimum Gasteiger partial charge on any atom is -0.479 e. The molecule has 5 heteroatoms. The number of carboxylic acid groups (broad SMARTS) is 1. The number of carbonyl (C=O) groups is 1. The van der Waals surface area contributed by atoms with Crippen molar-refractivity contribution in [2.45, 2.75) is 13.0 Å². The van der Waals surface area contributed by atoms with E-state index in [-0.39, 0.29) is 0 Å². The molecular weight excluding hydrogens is 116 g/mol. The second-order valence-corrected chi connectivity index (χ2v) is 1.01. The molecule has 2 N–H and O–H groups in total. The van der Waals surface area contributed by atoms with Crippen molar-refractivity contribution in [2.75, 3.05) is 0 Å². The second kappa shape index (κ2) is 6.03. The molecule has 0 aromatic heterocycles. The van der Waals surface area contributed by atoms with Gasteiger partial charge in [-0.25, -0.2) is 4.79 Å². The Labute approximate surface area is 45.2 Å². The molecule has 0 saturated heterocycles. The molecule has 0 spiro atoms. The highest BCUT2D eigenvalue weighted by molar-refractivity contribution is 5.71. The fourth-order valence-corrected chi connectivity index (χ4v) is 0. The van der Waals surface area contributed by atoms with Crippen molar-refractivity contribution in [1.29, 1.82) is 0 Å². The third-order valence-corrected chi connectivity index (χ3v) is 0.357. The Bertz CT molecular complexity index is 68.1. The van der Waals surface area contributed by atoms with Gasteiger partial charge in [0.05, 0.1) is 0 Å². The molecule has 0 amide bonds. The van der Waals surface area contributed by atoms with Gasteiger partial charge in [-0.3, -0.25) is 0 Å². The third-order valence-electron chi connectivity index (χ3n) is 0.357. The molecule has 5 nitrogen and oxygen atoms in total. The molecular formula is C3H6O5. The van der Waals surface area contributed by atoms with Crippen molar-refractivity contribution in [2.24, 2.45) is 0 Å². The summed E-state index contributed by atoms with van der Waals surface area (Å²) < 4.78 is 0. The molecule has 1 unspecified atom stereocenters. The van der Waals surface area contributed by atoms with Crippen molar-refractivity contribution in [3.63, 3.8) is 0 Å². The number of hydrogen-bond donors (Lipinski definition) is 2. The van der Waals surface area contributed by atoms with Crippen LogP contribution in [0.25, 0.3) is 0 Å². The average molecular weight is 122 g/mol. The van der Waals surface area contributed by atoms with E-state index in [1.165, 1.54) is 6.92 Å². The molecule has 1 atom stereocenters. The van der Waals surface area contributed by atoms with Gasteiger partial charge in [-0.1, -0.05) is 0 Å². The molecule has 0 fully saturated rings. The monoisotopic (exact) mass is 122 g/mol. The molecule has 0 radical (unpaired) electrons. The molecule has 8 heavy (non-hydrogen) atoms. The Morgan fingerprint density at radius 1 is 1.50 bits per heavy atom. The quantitative estimate of drug-likeness (QED) is 0.490. The van der Waals surface area contributed by atoms with Gasteiger partial charge >= 0.3 is 5.97 Å². The Kier molecular flexibility index (Phi) is 7.62. The van der Waals surface area contributed by atoms with Crippen LogP contribution in [-0.4, -0.2) is 22.3 Å². The van der Waals surface area contributed by atoms with Crippen LogP contribution in [-0.2, 0) is 4.79 Å². The summed E-state index contributed by atoms with van der Waals surface area (Å²) in [4.78, 5) is 23.4. The summed E-state index contributed by atoms with van der Waals surface area (Å²) in [7, 11) is 0. The van der Waals surface area contributed by atoms with Crippen molar-refractivity contribution >= 4 is 5.97 Å². The zero-order chi connectivity index (χ0) is 7.15. The van der Waals surface area contributed by atoms with Crippen LogP contribution < -0.4 is 0 Å². The minimum absolute atomic E-state index is 1.19. The first-order valence-electron chi connectivity index (χ1n) is 1.72. The predicted molar refractivity (Wildman–Crippen MR) is 26.1 cm³/mol. The van der Waals surface area contributed by atoms with E-state index < -0.39 is 12.1 Å². The molecule has 48 valence electrons. The minimum atomic E-state index is -1.23. The smallest absolute Gasteiger partial charge is 0.332 e. The number of carboxylic acids is 1. The predicted octanol–water partition coefficient (Wildman–Crippen LogP) is -0.481. The van der Waals surface area contributed by atoms with E-state index in [4.69, 9.17) is 20.1 Å². The molecule has 0 bridgehead atoms. The third kappa shape index (κ3) is 8.90. The number of aliphatic hydroxyl groups is 1. The first-order valence-corrected chi connectivity index (χ1v) is 1.72. The molecule has 0 aliphatic heterocycles. The topological polar surface area (TPSA) is 91.7 Å². The van der Waals surface area contributed by atoms with Crippen molar-refractivity contribution in [3.8, 4) is 0 Å². The van der Waals surface area contributed by atoms with Gasteiger partial charge in [0, 0.05) is 9.93 Å². The van der Waals surface area contributed by atoms with E-state index >= 15 is 0 Å². The van der Waals surface area contributed by atoms with Crippen LogP contribution in [0.1, 0.15) is 6.92 Å². The lowest BCUT2D eigenvalue weighted by molar-refractivity contribution is -0.145. The van der Waals surface area contributed by atoms with Crippen molar-refractivity contribution in [3.05, 3.63) is 9.93 Å². The Balaban J connectivity index is 0. The summed E-state index contributed by atoms with van der Waals surface area (Å²) >= 11 is 0. The van der Waals surface area contributed by atoms with Crippen molar-refractivity contribution in [1.82, 2.24) is 0 Å². The lowest BCUT2D eigenvalue weighted by Gasteiger charge is -1.89. The lowest BCUT2D eigenvalue weighted by Crippen LogP contribution is -2.13. The van der Waals surface area contributed by atoms with E-state index in [2.05, 4.69) is 0 Å². The Morgan fingerprint density at radius 2 is 1.62 bits per heavy atom. The summed E-state index contributed by atoms with van der Waals surface area (Å²) in [5.41, 5.74) is 0. The zero-order valence-corrected chi connectivity index (χ0v) is 4.20. The maximum atomic E-state index is 9.45. The normalized spacial score (nSPS) is 10.8. The van der Waals surface area contributed by atoms with Gasteiger partial charge in [-0.05, 0) is 6.92 Å². The fraction of sp³-hybridized carbons (Fsp3) is 0.667. The lowest BCUT2D eigenvalue weighted by atomic mass is 10.4. The van der Waals surface area contributed by atoms with Crippen LogP contribution in [0, 0.1) is 9.93 Å². The summed E-state index contributed by atoms with van der Waals surface area (Å²) in [5.74, 6) is -1.19. The van der Waals surface area contributed by atoms with Gasteiger partial charge in [0.2, 0.25) is 0 Å². The first-order chi connectivity index (χ1) is 3.64. The van der Waals surface area contributed by atoms with Crippen molar-refractivity contribution < 1.29 is 15.0 Å². The van der Waals surface area contributed by atoms with E-state index in [9.17, 15) is 4.79 Å². The Morgan fingerprint density at radius 3 is 1.62 bits per heavy atom. The van der Waals surface area contributed by atoms with Gasteiger partial charge in [0.25, 0.3) is 0 Å². The number of rotatable bonds is 1. The molecule has 0 heterocycles. The summed E-state index contributed by atoms with van der Waals surface area (Å²) in [6.45, 7) is 1.20. The van der Waals surface area contributed by atoms with Crippen LogP contribution >= 0.6 is 0 Å². The van der Waals surface area contributed by atoms with Gasteiger partial charge in [-0.15, -0.1) is 0 Å². The summed E-state index contributed by atoms with van der Waals surface area (Å²) in [5, 5.41) is 15.8. The summed E-state index contributed by atoms with van der Waals surface area (Å²) in [6, 6.07) is 0. The fourth-order valence-electron chi connectivity index (χ4n) is 0. The van der Waals surface area contributed by atoms with Crippen LogP contribution in [0.15, 0.2) is 0 Å². The number of aliphatic carboxylic acids is 1. The van der Waals surface area contributed by atoms with E-state index in [0.29, 0.717) is 0 Å². The van der Waals surface area contributed by atoms with E-state index in [1.807, 2.05) is 0 Å². The molecule has 0 rings (SSSR count). The van der Waals surface area contributed by atoms with Gasteiger partial charge in [-0.2, -0.15) is 0 Å². The highest BCUT2D eigenvalue weighted by Crippen LogP contribution is 1.73. The van der Waals surface area contributed by atoms with Crippen LogP contribution in [0.4, 0.5) is 0 Å². The zero-order valence-electron chi connectivity index (χ0n) is 4.20. The Hall–Kier alpha value is -0.970. The van der Waals surface area contributed by atoms with E-state index in [1.54, 1.807) is 0 Å². The average Bonchev–Trinajstić information content (AvgIpc) is 1.72. The van der Waals surface area contributed by atoms with Crippen LogP contribution in [0.5, 0.6) is 0 Å². The second-order valence-electron chi connectivity index (χ2n) is 1.01. The van der Waals surface area contributed by atoms with Gasteiger partial charge in [0.15, 0.2) is 0 Å². The van der Waals surface area contributed by atoms with Crippen LogP contribution in [0.3, 0.4) is 0 Å². The summed E-state index contributed by atoms with van der Waals surface area (Å²) in [6.07, 6.45) is -1.23. The molecule has 0 aliphatic carbocycles. The largest absolute Gasteiger partial charge is 0.479 e. The molecule has 0 aromatic carbocycles. The molecule has 0 aliphatic rings. The van der Waals surface area contributed by atoms with Gasteiger partial charge in [0.1, 0.15) is 6.10 Å². The molecule has 0 saturated carbocycles. The number of aliphatic hydroxyl groups excluding tert-OH is 1. The highest BCUT2D eigenvalue weighted by Gasteiger charge is 2.01. The maximum absolute atomic E-state index is 9.45. The van der Waals surface area contributed by atoms with Gasteiger partial charge < -0.3 is 10.2 Å². The maximum Gasteiger partial charge on any atom is 0.332 e. The molecule has 0 aromatic rings. The van der Waals surface area contributed by atoms with Crippen LogP contribution in [0.2, 0.25) is 0 Å². The standard InChI is InChI=1S/C3H6O3.O2/c1-2(4)3(5)6;1-2/h2,4H,1H3,(H,5,6);. The SMILES string of the molecule is CC(O)C(=O)O.O=O. The highest BCUT2D eigenvalue weighted by atomic mass is 16.7. The number of hydrogen-bond acceptors (Lipinski definition) is 4. The van der Waals surface area contributed by atoms with E-state index in [0.717, 1.165) is 0 Å².